The first-order valence-electron chi connectivity index (χ1n) is 6.19. The van der Waals surface area contributed by atoms with E-state index in [-0.39, 0.29) is 17.4 Å². The molecule has 5 nitrogen and oxygen atoms in total. The van der Waals surface area contributed by atoms with Gasteiger partial charge in [0.15, 0.2) is 0 Å². The zero-order chi connectivity index (χ0) is 13.9. The third kappa shape index (κ3) is 2.95. The van der Waals surface area contributed by atoms with Crippen molar-refractivity contribution in [1.82, 2.24) is 4.31 Å². The van der Waals surface area contributed by atoms with Crippen LogP contribution in [0.1, 0.15) is 18.4 Å². The van der Waals surface area contributed by atoms with E-state index in [2.05, 4.69) is 0 Å². The Bertz CT molecular complexity index is 592. The van der Waals surface area contributed by atoms with Gasteiger partial charge in [-0.3, -0.25) is 0 Å². The molecular weight excluding hydrogens is 264 g/mol. The van der Waals surface area contributed by atoms with Crippen molar-refractivity contribution < 1.29 is 13.5 Å². The van der Waals surface area contributed by atoms with E-state index in [9.17, 15) is 8.42 Å². The third-order valence-corrected chi connectivity index (χ3v) is 5.20. The van der Waals surface area contributed by atoms with Gasteiger partial charge in [-0.25, -0.2) is 8.42 Å². The van der Waals surface area contributed by atoms with Crippen LogP contribution in [0.5, 0.6) is 0 Å². The Morgan fingerprint density at radius 3 is 2.95 bits per heavy atom. The quantitative estimate of drug-likeness (QED) is 0.893. The molecule has 0 radical (unpaired) electrons. The smallest absolute Gasteiger partial charge is 0.243 e. The lowest BCUT2D eigenvalue weighted by Gasteiger charge is -2.30. The van der Waals surface area contributed by atoms with Gasteiger partial charge in [-0.15, -0.1) is 0 Å². The number of sulfonamides is 1. The second-order valence-corrected chi connectivity index (χ2v) is 6.63. The maximum Gasteiger partial charge on any atom is 0.243 e. The van der Waals surface area contributed by atoms with Gasteiger partial charge in [-0.05, 0) is 37.0 Å². The number of nitriles is 1. The van der Waals surface area contributed by atoms with Crippen LogP contribution >= 0.6 is 0 Å². The number of piperidine rings is 1. The number of aliphatic hydroxyl groups excluding tert-OH is 1. The largest absolute Gasteiger partial charge is 0.396 e. The fourth-order valence-electron chi connectivity index (χ4n) is 2.27. The maximum atomic E-state index is 12.5. The molecule has 2 rings (SSSR count). The Balaban J connectivity index is 2.29. The Labute approximate surface area is 113 Å². The van der Waals surface area contributed by atoms with Gasteiger partial charge in [0.05, 0.1) is 16.5 Å². The van der Waals surface area contributed by atoms with Crippen molar-refractivity contribution in [3.8, 4) is 6.07 Å². The average Bonchev–Trinajstić information content (AvgIpc) is 2.47. The van der Waals surface area contributed by atoms with Gasteiger partial charge in [0.2, 0.25) is 10.0 Å². The summed E-state index contributed by atoms with van der Waals surface area (Å²) < 4.78 is 26.3. The van der Waals surface area contributed by atoms with Crippen molar-refractivity contribution in [3.63, 3.8) is 0 Å². The molecule has 102 valence electrons. The fourth-order valence-corrected chi connectivity index (χ4v) is 3.87. The van der Waals surface area contributed by atoms with E-state index in [0.29, 0.717) is 18.7 Å². The molecule has 0 saturated carbocycles. The van der Waals surface area contributed by atoms with Crippen LogP contribution in [-0.2, 0) is 10.0 Å². The van der Waals surface area contributed by atoms with Crippen LogP contribution in [0.15, 0.2) is 29.2 Å². The Morgan fingerprint density at radius 1 is 1.47 bits per heavy atom. The molecule has 6 heteroatoms. The van der Waals surface area contributed by atoms with Crippen molar-refractivity contribution >= 4 is 10.0 Å². The molecule has 1 unspecified atom stereocenters. The number of benzene rings is 1. The minimum atomic E-state index is -3.57. The van der Waals surface area contributed by atoms with Crippen molar-refractivity contribution in [2.45, 2.75) is 17.7 Å². The number of rotatable bonds is 3. The molecule has 1 saturated heterocycles. The van der Waals surface area contributed by atoms with Crippen molar-refractivity contribution in [2.75, 3.05) is 19.7 Å². The summed E-state index contributed by atoms with van der Waals surface area (Å²) in [5.74, 6) is 0.00248. The van der Waals surface area contributed by atoms with E-state index in [1.54, 1.807) is 12.1 Å². The lowest BCUT2D eigenvalue weighted by Crippen LogP contribution is -2.40. The monoisotopic (exact) mass is 280 g/mol. The van der Waals surface area contributed by atoms with E-state index >= 15 is 0 Å². The topological polar surface area (TPSA) is 81.4 Å². The number of hydrogen-bond donors (Lipinski definition) is 1. The van der Waals surface area contributed by atoms with Gasteiger partial charge in [0.1, 0.15) is 0 Å². The van der Waals surface area contributed by atoms with Crippen molar-refractivity contribution in [3.05, 3.63) is 29.8 Å². The SMILES string of the molecule is N#Cc1cccc(S(=O)(=O)N2CCCC(CO)C2)c1. The molecule has 0 amide bonds. The zero-order valence-electron chi connectivity index (χ0n) is 10.5. The Morgan fingerprint density at radius 2 is 2.26 bits per heavy atom. The lowest BCUT2D eigenvalue weighted by atomic mass is 10.0. The number of aliphatic hydroxyl groups is 1. The maximum absolute atomic E-state index is 12.5. The highest BCUT2D eigenvalue weighted by atomic mass is 32.2. The summed E-state index contributed by atoms with van der Waals surface area (Å²) in [5.41, 5.74) is 0.330. The van der Waals surface area contributed by atoms with Crippen LogP contribution in [0.4, 0.5) is 0 Å². The van der Waals surface area contributed by atoms with Crippen LogP contribution in [0.3, 0.4) is 0 Å². The minimum Gasteiger partial charge on any atom is -0.396 e. The highest BCUT2D eigenvalue weighted by Crippen LogP contribution is 2.23. The normalized spacial score (nSPS) is 20.9. The summed E-state index contributed by atoms with van der Waals surface area (Å²) >= 11 is 0. The van der Waals surface area contributed by atoms with Crippen LogP contribution in [0.2, 0.25) is 0 Å². The van der Waals surface area contributed by atoms with Gasteiger partial charge >= 0.3 is 0 Å². The minimum absolute atomic E-state index is 0.00248. The summed E-state index contributed by atoms with van der Waals surface area (Å²) in [6.45, 7) is 0.815. The lowest BCUT2D eigenvalue weighted by molar-refractivity contribution is 0.165. The molecule has 1 N–H and O–H groups in total. The molecule has 1 aromatic carbocycles. The first kappa shape index (κ1) is 14.0. The van der Waals surface area contributed by atoms with E-state index in [1.165, 1.54) is 16.4 Å². The van der Waals surface area contributed by atoms with Crippen molar-refractivity contribution in [1.29, 1.82) is 5.26 Å². The van der Waals surface area contributed by atoms with Crippen LogP contribution < -0.4 is 0 Å². The van der Waals surface area contributed by atoms with Gasteiger partial charge in [0, 0.05) is 19.7 Å². The molecule has 1 aliphatic heterocycles. The van der Waals surface area contributed by atoms with E-state index in [0.717, 1.165) is 12.8 Å². The van der Waals surface area contributed by atoms with Gasteiger partial charge in [0.25, 0.3) is 0 Å². The molecular formula is C13H16N2O3S. The highest BCUT2D eigenvalue weighted by Gasteiger charge is 2.29. The summed E-state index contributed by atoms with van der Waals surface area (Å²) in [7, 11) is -3.57. The molecule has 19 heavy (non-hydrogen) atoms. The van der Waals surface area contributed by atoms with Gasteiger partial charge in [-0.1, -0.05) is 6.07 Å². The summed E-state index contributed by atoms with van der Waals surface area (Å²) in [6, 6.07) is 7.97. The summed E-state index contributed by atoms with van der Waals surface area (Å²) in [5, 5.41) is 18.0. The molecule has 0 spiro atoms. The second-order valence-electron chi connectivity index (χ2n) is 4.69. The molecule has 0 aromatic heterocycles. The van der Waals surface area contributed by atoms with Crippen LogP contribution in [0.25, 0.3) is 0 Å². The summed E-state index contributed by atoms with van der Waals surface area (Å²) in [6.07, 6.45) is 1.60. The predicted octanol–water partition coefficient (Wildman–Crippen LogP) is 0.951. The Kier molecular flexibility index (Phi) is 4.20. The van der Waals surface area contributed by atoms with E-state index in [4.69, 9.17) is 10.4 Å². The molecule has 1 aliphatic rings. The standard InChI is InChI=1S/C13H16N2O3S/c14-8-11-3-1-5-13(7-11)19(17,18)15-6-2-4-12(9-15)10-16/h1,3,5,7,12,16H,2,4,6,9-10H2. The van der Waals surface area contributed by atoms with Gasteiger partial charge in [-0.2, -0.15) is 9.57 Å². The average molecular weight is 280 g/mol. The Hall–Kier alpha value is -1.42. The van der Waals surface area contributed by atoms with Crippen LogP contribution in [-0.4, -0.2) is 37.5 Å². The predicted molar refractivity (Wildman–Crippen MR) is 69.7 cm³/mol. The van der Waals surface area contributed by atoms with Crippen LogP contribution in [0, 0.1) is 17.2 Å². The molecule has 0 aliphatic carbocycles. The first-order chi connectivity index (χ1) is 9.07. The van der Waals surface area contributed by atoms with Gasteiger partial charge < -0.3 is 5.11 Å². The second kappa shape index (κ2) is 5.70. The summed E-state index contributed by atoms with van der Waals surface area (Å²) in [4.78, 5) is 0.144. The molecule has 1 atom stereocenters. The molecule has 1 heterocycles. The number of nitrogens with zero attached hydrogens (tertiary/aromatic N) is 2. The highest BCUT2D eigenvalue weighted by molar-refractivity contribution is 7.89. The molecule has 0 bridgehead atoms. The molecule has 1 aromatic rings. The van der Waals surface area contributed by atoms with E-state index < -0.39 is 10.0 Å². The third-order valence-electron chi connectivity index (χ3n) is 3.34. The van der Waals surface area contributed by atoms with Crippen molar-refractivity contribution in [2.24, 2.45) is 5.92 Å². The number of hydrogen-bond acceptors (Lipinski definition) is 4. The first-order valence-corrected chi connectivity index (χ1v) is 7.63. The zero-order valence-corrected chi connectivity index (χ0v) is 11.3. The molecule has 1 fully saturated rings. The fraction of sp³-hybridized carbons (Fsp3) is 0.462. The van der Waals surface area contributed by atoms with E-state index in [1.807, 2.05) is 6.07 Å².